The average Bonchev–Trinajstić information content (AvgIpc) is 3.09. The minimum absolute atomic E-state index is 0.101. The van der Waals surface area contributed by atoms with E-state index >= 15 is 0 Å². The fourth-order valence-electron chi connectivity index (χ4n) is 2.91. The lowest BCUT2D eigenvalue weighted by atomic mass is 10.2. The number of oxazole rings is 1. The summed E-state index contributed by atoms with van der Waals surface area (Å²) in [5.74, 6) is 1.90. The van der Waals surface area contributed by atoms with Gasteiger partial charge in [-0.25, -0.2) is 4.98 Å². The Morgan fingerprint density at radius 2 is 1.86 bits per heavy atom. The van der Waals surface area contributed by atoms with E-state index in [2.05, 4.69) is 10.3 Å². The van der Waals surface area contributed by atoms with Crippen LogP contribution < -0.4 is 10.1 Å². The van der Waals surface area contributed by atoms with Crippen LogP contribution in [0, 0.1) is 6.92 Å². The third-order valence-electron chi connectivity index (χ3n) is 4.48. The monoisotopic (exact) mass is 379 g/mol. The normalized spacial score (nSPS) is 10.9. The average molecular weight is 379 g/mol. The van der Waals surface area contributed by atoms with Gasteiger partial charge in [0.2, 0.25) is 11.8 Å². The predicted octanol–water partition coefficient (Wildman–Crippen LogP) is 4.12. The van der Waals surface area contributed by atoms with Crippen LogP contribution in [0.15, 0.2) is 59.0 Å². The van der Waals surface area contributed by atoms with Crippen molar-refractivity contribution >= 4 is 11.6 Å². The summed E-state index contributed by atoms with van der Waals surface area (Å²) in [7, 11) is 1.58. The number of hydrogen-bond acceptors (Lipinski definition) is 5. The molecule has 0 saturated carbocycles. The molecular formula is C22H25N3O3. The minimum Gasteiger partial charge on any atom is -0.495 e. The van der Waals surface area contributed by atoms with Crippen LogP contribution in [0.1, 0.15) is 18.4 Å². The number of methoxy groups -OCH3 is 1. The number of hydrogen-bond donors (Lipinski definition) is 1. The zero-order valence-electron chi connectivity index (χ0n) is 16.4. The smallest absolute Gasteiger partial charge is 0.238 e. The summed E-state index contributed by atoms with van der Waals surface area (Å²) >= 11 is 0. The second-order valence-corrected chi connectivity index (χ2v) is 6.44. The zero-order chi connectivity index (χ0) is 19.9. The number of para-hydroxylation sites is 2. The number of amides is 1. The van der Waals surface area contributed by atoms with Gasteiger partial charge in [0.05, 0.1) is 25.0 Å². The largest absolute Gasteiger partial charge is 0.495 e. The predicted molar refractivity (Wildman–Crippen MR) is 109 cm³/mol. The van der Waals surface area contributed by atoms with Crippen molar-refractivity contribution in [2.45, 2.75) is 20.4 Å². The van der Waals surface area contributed by atoms with Gasteiger partial charge < -0.3 is 14.5 Å². The standard InChI is InChI=1S/C22H25N3O3/c1-4-25(15-21(26)23-18-12-8-9-13-20(18)27-3)14-19-16(2)28-22(24-19)17-10-6-5-7-11-17/h5-13H,4,14-15H2,1-3H3,(H,23,26). The molecule has 6 heteroatoms. The van der Waals surface area contributed by atoms with Gasteiger partial charge in [-0.1, -0.05) is 37.3 Å². The lowest BCUT2D eigenvalue weighted by Crippen LogP contribution is -2.33. The van der Waals surface area contributed by atoms with Gasteiger partial charge in [-0.05, 0) is 37.7 Å². The van der Waals surface area contributed by atoms with Gasteiger partial charge in [0.15, 0.2) is 0 Å². The molecule has 0 spiro atoms. The number of nitrogens with zero attached hydrogens (tertiary/aromatic N) is 2. The number of anilines is 1. The number of carbonyl (C=O) groups excluding carboxylic acids is 1. The van der Waals surface area contributed by atoms with E-state index < -0.39 is 0 Å². The summed E-state index contributed by atoms with van der Waals surface area (Å²) < 4.78 is 11.1. The molecule has 1 N–H and O–H groups in total. The van der Waals surface area contributed by atoms with Crippen LogP contribution in [-0.2, 0) is 11.3 Å². The first-order valence-electron chi connectivity index (χ1n) is 9.27. The highest BCUT2D eigenvalue weighted by Gasteiger charge is 2.17. The summed E-state index contributed by atoms with van der Waals surface area (Å²) in [6.45, 7) is 5.42. The lowest BCUT2D eigenvalue weighted by molar-refractivity contribution is -0.117. The van der Waals surface area contributed by atoms with E-state index in [-0.39, 0.29) is 12.5 Å². The van der Waals surface area contributed by atoms with E-state index in [4.69, 9.17) is 9.15 Å². The van der Waals surface area contributed by atoms with Gasteiger partial charge in [0, 0.05) is 12.1 Å². The molecule has 3 rings (SSSR count). The maximum absolute atomic E-state index is 12.5. The number of rotatable bonds is 8. The van der Waals surface area contributed by atoms with Gasteiger partial charge in [-0.15, -0.1) is 0 Å². The highest BCUT2D eigenvalue weighted by atomic mass is 16.5. The van der Waals surface area contributed by atoms with E-state index in [0.29, 0.717) is 30.4 Å². The zero-order valence-corrected chi connectivity index (χ0v) is 16.4. The van der Waals surface area contributed by atoms with Crippen LogP contribution in [0.2, 0.25) is 0 Å². The van der Waals surface area contributed by atoms with E-state index in [1.165, 1.54) is 0 Å². The van der Waals surface area contributed by atoms with Gasteiger partial charge in [0.1, 0.15) is 11.5 Å². The third-order valence-corrected chi connectivity index (χ3v) is 4.48. The number of aromatic nitrogens is 1. The van der Waals surface area contributed by atoms with Gasteiger partial charge in [-0.3, -0.25) is 9.69 Å². The second-order valence-electron chi connectivity index (χ2n) is 6.44. The highest BCUT2D eigenvalue weighted by Crippen LogP contribution is 2.24. The first-order valence-corrected chi connectivity index (χ1v) is 9.27. The molecule has 0 unspecified atom stereocenters. The number of nitrogens with one attached hydrogen (secondary N) is 1. The van der Waals surface area contributed by atoms with Crippen molar-refractivity contribution in [3.8, 4) is 17.2 Å². The van der Waals surface area contributed by atoms with Crippen molar-refractivity contribution in [2.75, 3.05) is 25.5 Å². The maximum atomic E-state index is 12.5. The molecule has 0 radical (unpaired) electrons. The maximum Gasteiger partial charge on any atom is 0.238 e. The van der Waals surface area contributed by atoms with Crippen LogP contribution in [-0.4, -0.2) is 36.0 Å². The van der Waals surface area contributed by atoms with Crippen LogP contribution in [0.25, 0.3) is 11.5 Å². The molecule has 146 valence electrons. The number of carbonyl (C=O) groups is 1. The molecule has 3 aromatic rings. The van der Waals surface area contributed by atoms with E-state index in [0.717, 1.165) is 17.0 Å². The first kappa shape index (κ1) is 19.6. The molecule has 0 fully saturated rings. The summed E-state index contributed by atoms with van der Waals surface area (Å²) in [6.07, 6.45) is 0. The Balaban J connectivity index is 1.66. The minimum atomic E-state index is -0.101. The van der Waals surface area contributed by atoms with Crippen molar-refractivity contribution in [1.29, 1.82) is 0 Å². The molecule has 0 bridgehead atoms. The summed E-state index contributed by atoms with van der Waals surface area (Å²) in [5.41, 5.74) is 2.44. The third kappa shape index (κ3) is 4.78. The van der Waals surface area contributed by atoms with Gasteiger partial charge in [0.25, 0.3) is 0 Å². The number of ether oxygens (including phenoxy) is 1. The highest BCUT2D eigenvalue weighted by molar-refractivity contribution is 5.93. The molecule has 0 aliphatic heterocycles. The van der Waals surface area contributed by atoms with Gasteiger partial charge in [-0.2, -0.15) is 0 Å². The van der Waals surface area contributed by atoms with Crippen LogP contribution in [0.4, 0.5) is 5.69 Å². The Morgan fingerprint density at radius 1 is 1.14 bits per heavy atom. The Labute approximate surface area is 165 Å². The molecule has 1 heterocycles. The summed E-state index contributed by atoms with van der Waals surface area (Å²) in [5, 5.41) is 2.91. The molecule has 0 atom stereocenters. The van der Waals surface area contributed by atoms with E-state index in [1.807, 2.05) is 73.3 Å². The second kappa shape index (κ2) is 9.19. The molecule has 0 aliphatic carbocycles. The van der Waals surface area contributed by atoms with Crippen LogP contribution in [0.5, 0.6) is 5.75 Å². The fraction of sp³-hybridized carbons (Fsp3) is 0.273. The van der Waals surface area contributed by atoms with Crippen molar-refractivity contribution in [1.82, 2.24) is 9.88 Å². The van der Waals surface area contributed by atoms with E-state index in [1.54, 1.807) is 7.11 Å². The molecule has 1 aromatic heterocycles. The Kier molecular flexibility index (Phi) is 6.45. The van der Waals surface area contributed by atoms with Crippen molar-refractivity contribution < 1.29 is 13.9 Å². The van der Waals surface area contributed by atoms with Crippen LogP contribution >= 0.6 is 0 Å². The molecule has 0 saturated heterocycles. The molecule has 6 nitrogen and oxygen atoms in total. The van der Waals surface area contributed by atoms with Crippen LogP contribution in [0.3, 0.4) is 0 Å². The fourth-order valence-corrected chi connectivity index (χ4v) is 2.91. The molecular weight excluding hydrogens is 354 g/mol. The Hall–Kier alpha value is -3.12. The summed E-state index contributed by atoms with van der Waals surface area (Å²) in [4.78, 5) is 19.1. The Morgan fingerprint density at radius 3 is 2.57 bits per heavy atom. The number of likely N-dealkylation sites (N-methyl/N-ethyl adjacent to an activating group) is 1. The summed E-state index contributed by atoms with van der Waals surface area (Å²) in [6, 6.07) is 17.2. The first-order chi connectivity index (χ1) is 13.6. The number of benzene rings is 2. The van der Waals surface area contributed by atoms with E-state index in [9.17, 15) is 4.79 Å². The number of aryl methyl sites for hydroxylation is 1. The molecule has 28 heavy (non-hydrogen) atoms. The van der Waals surface area contributed by atoms with Crippen molar-refractivity contribution in [3.63, 3.8) is 0 Å². The molecule has 1 amide bonds. The topological polar surface area (TPSA) is 67.6 Å². The molecule has 0 aliphatic rings. The lowest BCUT2D eigenvalue weighted by Gasteiger charge is -2.19. The quantitative estimate of drug-likeness (QED) is 0.638. The molecule has 2 aromatic carbocycles. The van der Waals surface area contributed by atoms with Crippen molar-refractivity contribution in [2.24, 2.45) is 0 Å². The SMILES string of the molecule is CCN(CC(=O)Nc1ccccc1OC)Cc1nc(-c2ccccc2)oc1C. The van der Waals surface area contributed by atoms with Gasteiger partial charge >= 0.3 is 0 Å². The Bertz CT molecular complexity index is 922. The van der Waals surface area contributed by atoms with Crippen molar-refractivity contribution in [3.05, 3.63) is 66.1 Å².